The maximum Gasteiger partial charge on any atom is 0.271 e. The van der Waals surface area contributed by atoms with Crippen molar-refractivity contribution in [2.24, 2.45) is 0 Å². The van der Waals surface area contributed by atoms with Crippen molar-refractivity contribution in [3.8, 4) is 0 Å². The van der Waals surface area contributed by atoms with Gasteiger partial charge in [0.05, 0.1) is 16.4 Å². The highest BCUT2D eigenvalue weighted by Crippen LogP contribution is 2.25. The van der Waals surface area contributed by atoms with E-state index in [1.807, 2.05) is 24.3 Å². The Kier molecular flexibility index (Phi) is 5.52. The van der Waals surface area contributed by atoms with E-state index >= 15 is 0 Å². The lowest BCUT2D eigenvalue weighted by atomic mass is 10.1. The average molecular weight is 401 g/mol. The Morgan fingerprint density at radius 2 is 1.82 bits per heavy atom. The highest BCUT2D eigenvalue weighted by atomic mass is 32.2. The topological polar surface area (TPSA) is 120 Å². The number of hydrogen-bond acceptors (Lipinski definition) is 6. The molecule has 0 radical (unpaired) electrons. The molecule has 146 valence electrons. The van der Waals surface area contributed by atoms with E-state index in [1.54, 1.807) is 24.9 Å². The molecule has 3 rings (SSSR count). The molecule has 0 spiro atoms. The van der Waals surface area contributed by atoms with Crippen LogP contribution in [0.5, 0.6) is 0 Å². The molecule has 0 fully saturated rings. The molecule has 0 bridgehead atoms. The fourth-order valence-corrected chi connectivity index (χ4v) is 4.07. The van der Waals surface area contributed by atoms with E-state index in [4.69, 9.17) is 0 Å². The van der Waals surface area contributed by atoms with Crippen LogP contribution in [0.25, 0.3) is 0 Å². The molecule has 10 heteroatoms. The molecule has 0 atom stereocenters. The molecule has 3 aromatic rings. The van der Waals surface area contributed by atoms with Crippen LogP contribution in [0, 0.1) is 24.0 Å². The van der Waals surface area contributed by atoms with Gasteiger partial charge in [-0.15, -0.1) is 0 Å². The van der Waals surface area contributed by atoms with Gasteiger partial charge in [-0.2, -0.15) is 5.10 Å². The Balaban J connectivity index is 1.74. The molecule has 0 amide bonds. The van der Waals surface area contributed by atoms with E-state index in [0.717, 1.165) is 17.2 Å². The Labute approximate surface area is 162 Å². The highest BCUT2D eigenvalue weighted by molar-refractivity contribution is 7.89. The predicted octanol–water partition coefficient (Wildman–Crippen LogP) is 2.33. The minimum absolute atomic E-state index is 0.0765. The zero-order valence-electron chi connectivity index (χ0n) is 15.4. The number of rotatable bonds is 7. The third kappa shape index (κ3) is 4.41. The highest BCUT2D eigenvalue weighted by Gasteiger charge is 2.22. The Bertz CT molecular complexity index is 1090. The minimum Gasteiger partial charge on any atom is -0.258 e. The van der Waals surface area contributed by atoms with Gasteiger partial charge in [0, 0.05) is 18.7 Å². The number of aryl methyl sites for hydroxylation is 1. The second-order valence-corrected chi connectivity index (χ2v) is 8.11. The van der Waals surface area contributed by atoms with Gasteiger partial charge in [-0.25, -0.2) is 22.8 Å². The second-order valence-electron chi connectivity index (χ2n) is 6.38. The summed E-state index contributed by atoms with van der Waals surface area (Å²) in [6.07, 6.45) is 3.08. The first-order valence-electron chi connectivity index (χ1n) is 8.42. The quantitative estimate of drug-likeness (QED) is 0.479. The van der Waals surface area contributed by atoms with Crippen LogP contribution in [0.2, 0.25) is 0 Å². The smallest absolute Gasteiger partial charge is 0.258 e. The summed E-state index contributed by atoms with van der Waals surface area (Å²) >= 11 is 0. The standard InChI is InChI=1S/C18H19N5O4S/c1-13-7-17(23(24)25)8-18(14(13)2)28(26,27)21-9-15-3-5-16(6-4-15)10-22-12-19-11-20-22/h3-8,11-12,21H,9-10H2,1-2H3. The Hall–Kier alpha value is -3.11. The van der Waals surface area contributed by atoms with E-state index in [1.165, 1.54) is 12.4 Å². The lowest BCUT2D eigenvalue weighted by Crippen LogP contribution is -2.24. The van der Waals surface area contributed by atoms with Gasteiger partial charge in [0.25, 0.3) is 5.69 Å². The van der Waals surface area contributed by atoms with Crippen molar-refractivity contribution in [1.82, 2.24) is 19.5 Å². The van der Waals surface area contributed by atoms with Gasteiger partial charge < -0.3 is 0 Å². The molecule has 0 aliphatic carbocycles. The molecular weight excluding hydrogens is 382 g/mol. The first-order chi connectivity index (χ1) is 13.3. The van der Waals surface area contributed by atoms with Gasteiger partial charge in [0.1, 0.15) is 12.7 Å². The van der Waals surface area contributed by atoms with Crippen molar-refractivity contribution in [1.29, 1.82) is 0 Å². The fraction of sp³-hybridized carbons (Fsp3) is 0.222. The SMILES string of the molecule is Cc1cc([N+](=O)[O-])cc(S(=O)(=O)NCc2ccc(Cn3cncn3)cc2)c1C. The summed E-state index contributed by atoms with van der Waals surface area (Å²) in [7, 11) is -3.90. The number of nitro benzene ring substituents is 1. The van der Waals surface area contributed by atoms with Crippen molar-refractivity contribution < 1.29 is 13.3 Å². The molecule has 0 saturated heterocycles. The van der Waals surface area contributed by atoms with Crippen LogP contribution in [0.15, 0.2) is 53.9 Å². The van der Waals surface area contributed by atoms with Gasteiger partial charge in [0.2, 0.25) is 10.0 Å². The molecular formula is C18H19N5O4S. The third-order valence-corrected chi connectivity index (χ3v) is 5.93. The number of nitrogens with zero attached hydrogens (tertiary/aromatic N) is 4. The molecule has 1 N–H and O–H groups in total. The van der Waals surface area contributed by atoms with E-state index in [2.05, 4.69) is 14.8 Å². The molecule has 9 nitrogen and oxygen atoms in total. The number of hydrogen-bond donors (Lipinski definition) is 1. The summed E-state index contributed by atoms with van der Waals surface area (Å²) in [6, 6.07) is 9.86. The molecule has 0 saturated carbocycles. The molecule has 0 unspecified atom stereocenters. The molecule has 28 heavy (non-hydrogen) atoms. The van der Waals surface area contributed by atoms with E-state index < -0.39 is 14.9 Å². The van der Waals surface area contributed by atoms with Crippen LogP contribution in [0.3, 0.4) is 0 Å². The number of nitrogens with one attached hydrogen (secondary N) is 1. The van der Waals surface area contributed by atoms with Crippen molar-refractivity contribution >= 4 is 15.7 Å². The van der Waals surface area contributed by atoms with Crippen LogP contribution in [0.4, 0.5) is 5.69 Å². The van der Waals surface area contributed by atoms with Crippen molar-refractivity contribution in [3.05, 3.63) is 81.4 Å². The van der Waals surface area contributed by atoms with Crippen LogP contribution < -0.4 is 4.72 Å². The van der Waals surface area contributed by atoms with Crippen molar-refractivity contribution in [2.75, 3.05) is 0 Å². The summed E-state index contributed by atoms with van der Waals surface area (Å²) < 4.78 is 29.6. The summed E-state index contributed by atoms with van der Waals surface area (Å²) in [5.74, 6) is 0. The summed E-state index contributed by atoms with van der Waals surface area (Å²) in [5, 5.41) is 15.1. The maximum absolute atomic E-state index is 12.7. The summed E-state index contributed by atoms with van der Waals surface area (Å²) in [4.78, 5) is 14.3. The van der Waals surface area contributed by atoms with Gasteiger partial charge in [0.15, 0.2) is 0 Å². The van der Waals surface area contributed by atoms with Gasteiger partial charge in [-0.1, -0.05) is 24.3 Å². The van der Waals surface area contributed by atoms with E-state index in [0.29, 0.717) is 17.7 Å². The Morgan fingerprint density at radius 3 is 2.43 bits per heavy atom. The fourth-order valence-electron chi connectivity index (χ4n) is 2.71. The lowest BCUT2D eigenvalue weighted by Gasteiger charge is -2.11. The molecule has 1 aromatic heterocycles. The van der Waals surface area contributed by atoms with Gasteiger partial charge >= 0.3 is 0 Å². The number of sulfonamides is 1. The van der Waals surface area contributed by atoms with Crippen molar-refractivity contribution in [3.63, 3.8) is 0 Å². The monoisotopic (exact) mass is 401 g/mol. The average Bonchev–Trinajstić information content (AvgIpc) is 3.16. The zero-order valence-corrected chi connectivity index (χ0v) is 16.2. The van der Waals surface area contributed by atoms with Crippen LogP contribution in [0.1, 0.15) is 22.3 Å². The van der Waals surface area contributed by atoms with Crippen LogP contribution in [-0.4, -0.2) is 28.1 Å². The van der Waals surface area contributed by atoms with E-state index in [-0.39, 0.29) is 17.1 Å². The third-order valence-electron chi connectivity index (χ3n) is 4.41. The molecule has 0 aliphatic heterocycles. The number of aromatic nitrogens is 3. The minimum atomic E-state index is -3.90. The van der Waals surface area contributed by atoms with Gasteiger partial charge in [-0.05, 0) is 36.1 Å². The van der Waals surface area contributed by atoms with Crippen LogP contribution in [-0.2, 0) is 23.1 Å². The molecule has 1 heterocycles. The lowest BCUT2D eigenvalue weighted by molar-refractivity contribution is -0.385. The zero-order chi connectivity index (χ0) is 20.3. The number of benzene rings is 2. The molecule has 0 aliphatic rings. The number of nitro groups is 1. The molecule has 2 aromatic carbocycles. The predicted molar refractivity (Wildman–Crippen MR) is 102 cm³/mol. The summed E-state index contributed by atoms with van der Waals surface area (Å²) in [5.41, 5.74) is 2.56. The van der Waals surface area contributed by atoms with Gasteiger partial charge in [-0.3, -0.25) is 10.1 Å². The largest absolute Gasteiger partial charge is 0.271 e. The second kappa shape index (κ2) is 7.87. The number of non-ortho nitro benzene ring substituents is 1. The first kappa shape index (κ1) is 19.6. The van der Waals surface area contributed by atoms with Crippen molar-refractivity contribution in [2.45, 2.75) is 31.8 Å². The maximum atomic E-state index is 12.7. The van der Waals surface area contributed by atoms with E-state index in [9.17, 15) is 18.5 Å². The first-order valence-corrected chi connectivity index (χ1v) is 9.90. The Morgan fingerprint density at radius 1 is 1.14 bits per heavy atom. The normalized spacial score (nSPS) is 11.5. The van der Waals surface area contributed by atoms with Crippen LogP contribution >= 0.6 is 0 Å². The summed E-state index contributed by atoms with van der Waals surface area (Å²) in [6.45, 7) is 3.92.